The summed E-state index contributed by atoms with van der Waals surface area (Å²) >= 11 is 0. The predicted octanol–water partition coefficient (Wildman–Crippen LogP) is 3.85. The maximum atomic E-state index is 13.6. The van der Waals surface area contributed by atoms with Gasteiger partial charge in [-0.1, -0.05) is 0 Å². The van der Waals surface area contributed by atoms with Crippen molar-refractivity contribution in [1.82, 2.24) is 4.31 Å². The van der Waals surface area contributed by atoms with Crippen LogP contribution in [0.5, 0.6) is 11.5 Å². The number of methoxy groups -OCH3 is 1. The van der Waals surface area contributed by atoms with Crippen molar-refractivity contribution in [2.75, 3.05) is 43.0 Å². The molecule has 0 spiro atoms. The molecule has 0 saturated carbocycles. The molecule has 0 bridgehead atoms. The van der Waals surface area contributed by atoms with Gasteiger partial charge in [0.1, 0.15) is 23.9 Å². The van der Waals surface area contributed by atoms with Crippen LogP contribution in [0.1, 0.15) is 19.8 Å². The summed E-state index contributed by atoms with van der Waals surface area (Å²) in [6.07, 6.45) is 1.53. The molecule has 10 nitrogen and oxygen atoms in total. The highest BCUT2D eigenvalue weighted by Crippen LogP contribution is 2.31. The van der Waals surface area contributed by atoms with Crippen LogP contribution >= 0.6 is 0 Å². The van der Waals surface area contributed by atoms with E-state index < -0.39 is 38.3 Å². The molecule has 1 heterocycles. The van der Waals surface area contributed by atoms with Gasteiger partial charge in [-0.2, -0.15) is 4.31 Å². The lowest BCUT2D eigenvalue weighted by atomic mass is 10.3. The van der Waals surface area contributed by atoms with E-state index in [-0.39, 0.29) is 26.9 Å². The molecular weight excluding hydrogens is 561 g/mol. The van der Waals surface area contributed by atoms with E-state index in [1.54, 1.807) is 6.92 Å². The second-order valence-electron chi connectivity index (χ2n) is 8.91. The molecule has 0 aliphatic carbocycles. The fraction of sp³-hybridized carbons (Fsp3) is 0.296. The summed E-state index contributed by atoms with van der Waals surface area (Å²) in [5, 5.41) is 2.58. The number of anilines is 2. The van der Waals surface area contributed by atoms with Crippen LogP contribution in [0.3, 0.4) is 0 Å². The quantitative estimate of drug-likeness (QED) is 0.359. The van der Waals surface area contributed by atoms with Crippen LogP contribution in [0.2, 0.25) is 0 Å². The maximum Gasteiger partial charge on any atom is 0.264 e. The number of nitrogens with one attached hydrogen (secondary N) is 1. The predicted molar refractivity (Wildman–Crippen MR) is 148 cm³/mol. The number of hydrogen-bond acceptors (Lipinski definition) is 7. The second kappa shape index (κ2) is 12.2. The van der Waals surface area contributed by atoms with Crippen molar-refractivity contribution in [2.24, 2.45) is 0 Å². The van der Waals surface area contributed by atoms with E-state index >= 15 is 0 Å². The lowest BCUT2D eigenvalue weighted by Gasteiger charge is -2.24. The summed E-state index contributed by atoms with van der Waals surface area (Å²) in [4.78, 5) is 13.1. The lowest BCUT2D eigenvalue weighted by Crippen LogP contribution is -2.38. The molecule has 13 heteroatoms. The van der Waals surface area contributed by atoms with E-state index in [1.807, 2.05) is 0 Å². The summed E-state index contributed by atoms with van der Waals surface area (Å²) < 4.78 is 79.9. The van der Waals surface area contributed by atoms with Gasteiger partial charge in [0.05, 0.1) is 34.9 Å². The monoisotopic (exact) mass is 591 g/mol. The minimum Gasteiger partial charge on any atom is -0.495 e. The van der Waals surface area contributed by atoms with Crippen molar-refractivity contribution in [3.63, 3.8) is 0 Å². The molecule has 1 aliphatic rings. The van der Waals surface area contributed by atoms with Crippen molar-refractivity contribution >= 4 is 37.3 Å². The molecule has 1 N–H and O–H groups in total. The highest BCUT2D eigenvalue weighted by atomic mass is 32.2. The third-order valence-corrected chi connectivity index (χ3v) is 9.96. The molecule has 214 valence electrons. The normalized spacial score (nSPS) is 14.1. The number of carbonyl (C=O) groups excluding carboxylic acids is 1. The zero-order chi connectivity index (χ0) is 28.9. The first-order valence-corrected chi connectivity index (χ1v) is 15.4. The SMILES string of the molecule is CCOc1ccc(S(=O)(=O)N(CC(=O)Nc2cc(S(=O)(=O)N3CCCC3)ccc2OC)c2ccc(F)cc2)cc1. The molecule has 4 rings (SSSR count). The summed E-state index contributed by atoms with van der Waals surface area (Å²) in [7, 11) is -6.71. The Bertz CT molecular complexity index is 1560. The van der Waals surface area contributed by atoms with Crippen LogP contribution in [0, 0.1) is 5.82 Å². The minimum atomic E-state index is -4.28. The molecule has 1 amide bonds. The first-order chi connectivity index (χ1) is 19.1. The van der Waals surface area contributed by atoms with Gasteiger partial charge < -0.3 is 14.8 Å². The minimum absolute atomic E-state index is 0.0251. The van der Waals surface area contributed by atoms with Crippen LogP contribution in [0.25, 0.3) is 0 Å². The molecule has 1 saturated heterocycles. The third-order valence-electron chi connectivity index (χ3n) is 6.27. The van der Waals surface area contributed by atoms with Gasteiger partial charge in [0.25, 0.3) is 10.0 Å². The number of carbonyl (C=O) groups is 1. The molecule has 0 unspecified atom stereocenters. The van der Waals surface area contributed by atoms with Crippen molar-refractivity contribution in [3.8, 4) is 11.5 Å². The number of sulfonamides is 2. The fourth-order valence-corrected chi connectivity index (χ4v) is 7.23. The van der Waals surface area contributed by atoms with E-state index in [0.29, 0.717) is 25.4 Å². The van der Waals surface area contributed by atoms with Crippen molar-refractivity contribution < 1.29 is 35.5 Å². The van der Waals surface area contributed by atoms with Gasteiger partial charge in [-0.05, 0) is 86.5 Å². The second-order valence-corrected chi connectivity index (χ2v) is 12.7. The molecule has 1 fully saturated rings. The molecule has 0 atom stereocenters. The Labute approximate surface area is 233 Å². The number of halogens is 1. The maximum absolute atomic E-state index is 13.6. The standard InChI is InChI=1S/C27H30FN3O7S2/c1-3-38-22-10-12-23(13-11-22)40(35,36)31(21-8-6-20(28)7-9-21)19-27(32)29-25-18-24(14-15-26(25)37-2)39(33,34)30-16-4-5-17-30/h6-15,18H,3-5,16-17,19H2,1-2H3,(H,29,32). The summed E-state index contributed by atoms with van der Waals surface area (Å²) in [6.45, 7) is 2.33. The van der Waals surface area contributed by atoms with Crippen molar-refractivity contribution in [3.05, 3.63) is 72.5 Å². The lowest BCUT2D eigenvalue weighted by molar-refractivity contribution is -0.114. The van der Waals surface area contributed by atoms with Gasteiger partial charge >= 0.3 is 0 Å². The Balaban J connectivity index is 1.64. The molecule has 3 aromatic rings. The molecule has 1 aliphatic heterocycles. The van der Waals surface area contributed by atoms with Crippen LogP contribution in [0.4, 0.5) is 15.8 Å². The van der Waals surface area contributed by atoms with E-state index in [1.165, 1.54) is 66.0 Å². The molecule has 40 heavy (non-hydrogen) atoms. The van der Waals surface area contributed by atoms with Crippen molar-refractivity contribution in [2.45, 2.75) is 29.6 Å². The van der Waals surface area contributed by atoms with Gasteiger partial charge in [-0.15, -0.1) is 0 Å². The van der Waals surface area contributed by atoms with Gasteiger partial charge in [0.2, 0.25) is 15.9 Å². The Morgan fingerprint density at radius 1 is 0.950 bits per heavy atom. The Morgan fingerprint density at radius 3 is 2.17 bits per heavy atom. The number of amides is 1. The van der Waals surface area contributed by atoms with E-state index in [9.17, 15) is 26.0 Å². The fourth-order valence-electron chi connectivity index (χ4n) is 4.27. The summed E-state index contributed by atoms with van der Waals surface area (Å²) in [5.74, 6) is -0.681. The number of nitrogens with zero attached hydrogens (tertiary/aromatic N) is 2. The first kappa shape index (κ1) is 29.3. The topological polar surface area (TPSA) is 122 Å². The van der Waals surface area contributed by atoms with E-state index in [4.69, 9.17) is 9.47 Å². The highest BCUT2D eigenvalue weighted by molar-refractivity contribution is 7.92. The number of hydrogen-bond donors (Lipinski definition) is 1. The zero-order valence-electron chi connectivity index (χ0n) is 22.0. The summed E-state index contributed by atoms with van der Waals surface area (Å²) in [5.41, 5.74) is 0.119. The van der Waals surface area contributed by atoms with Crippen molar-refractivity contribution in [1.29, 1.82) is 0 Å². The number of ether oxygens (including phenoxy) is 2. The Kier molecular flexibility index (Phi) is 8.96. The molecule has 3 aromatic carbocycles. The average Bonchev–Trinajstić information content (AvgIpc) is 3.49. The average molecular weight is 592 g/mol. The molecule has 0 aromatic heterocycles. The van der Waals surface area contributed by atoms with Crippen LogP contribution in [-0.2, 0) is 24.8 Å². The number of benzene rings is 3. The number of rotatable bonds is 11. The van der Waals surface area contributed by atoms with Crippen LogP contribution < -0.4 is 19.1 Å². The highest BCUT2D eigenvalue weighted by Gasteiger charge is 2.30. The zero-order valence-corrected chi connectivity index (χ0v) is 23.7. The Morgan fingerprint density at radius 2 is 1.57 bits per heavy atom. The van der Waals surface area contributed by atoms with E-state index in [2.05, 4.69) is 5.32 Å². The first-order valence-electron chi connectivity index (χ1n) is 12.6. The van der Waals surface area contributed by atoms with Gasteiger partial charge in [-0.25, -0.2) is 21.2 Å². The Hall–Kier alpha value is -3.68. The van der Waals surface area contributed by atoms with Crippen LogP contribution in [-0.4, -0.2) is 60.4 Å². The molecular formula is C27H30FN3O7S2. The van der Waals surface area contributed by atoms with Gasteiger partial charge in [0, 0.05) is 13.1 Å². The van der Waals surface area contributed by atoms with Gasteiger partial charge in [0.15, 0.2) is 0 Å². The van der Waals surface area contributed by atoms with E-state index in [0.717, 1.165) is 29.3 Å². The van der Waals surface area contributed by atoms with Crippen LogP contribution in [0.15, 0.2) is 76.5 Å². The largest absolute Gasteiger partial charge is 0.495 e. The molecule has 0 radical (unpaired) electrons. The smallest absolute Gasteiger partial charge is 0.264 e. The third kappa shape index (κ3) is 6.37. The summed E-state index contributed by atoms with van der Waals surface area (Å²) in [6, 6.07) is 14.5. The van der Waals surface area contributed by atoms with Gasteiger partial charge in [-0.3, -0.25) is 9.10 Å².